The van der Waals surface area contributed by atoms with Crippen LogP contribution in [0.25, 0.3) is 28.1 Å². The number of pyridine rings is 1. The second-order valence-electron chi connectivity index (χ2n) is 4.58. The summed E-state index contributed by atoms with van der Waals surface area (Å²) in [6.45, 7) is 5.82. The zero-order valence-corrected chi connectivity index (χ0v) is 13.8. The summed E-state index contributed by atoms with van der Waals surface area (Å²) in [6, 6.07) is 10.4. The van der Waals surface area contributed by atoms with Gasteiger partial charge in [0.25, 0.3) is 0 Å². The molecule has 1 aromatic carbocycles. The van der Waals surface area contributed by atoms with Crippen LogP contribution in [0.3, 0.4) is 0 Å². The van der Waals surface area contributed by atoms with E-state index in [0.717, 1.165) is 33.4 Å². The monoisotopic (exact) mass is 387 g/mol. The normalized spacial score (nSPS) is 11.3. The Kier molecular flexibility index (Phi) is 3.88. The predicted octanol–water partition coefficient (Wildman–Crippen LogP) is 5.27. The van der Waals surface area contributed by atoms with Gasteiger partial charge in [-0.25, -0.2) is 0 Å². The molecule has 0 radical (unpaired) electrons. The number of fused-ring (bicyclic) bond motifs is 1. The third-order valence-electron chi connectivity index (χ3n) is 3.36. The number of hydrogen-bond acceptors (Lipinski definition) is 2. The van der Waals surface area contributed by atoms with Gasteiger partial charge >= 0.3 is 0 Å². The summed E-state index contributed by atoms with van der Waals surface area (Å²) in [5.74, 6) is 0. The van der Waals surface area contributed by atoms with Crippen LogP contribution >= 0.6 is 22.9 Å². The molecule has 2 heterocycles. The fourth-order valence-corrected chi connectivity index (χ4v) is 3.23. The highest BCUT2D eigenvalue weighted by atomic mass is 127. The second-order valence-corrected chi connectivity index (χ2v) is 5.54. The first-order valence-electron chi connectivity index (χ1n) is 6.62. The third kappa shape index (κ3) is 2.40. The summed E-state index contributed by atoms with van der Waals surface area (Å²) in [6.07, 6.45) is 7.32. The molecule has 3 nitrogen and oxygen atoms in total. The number of rotatable bonds is 3. The molecule has 0 aliphatic rings. The molecule has 2 aromatic heterocycles. The zero-order chi connectivity index (χ0) is 14.8. The van der Waals surface area contributed by atoms with Gasteiger partial charge in [0.05, 0.1) is 39.8 Å². The Morgan fingerprint density at radius 2 is 2.14 bits per heavy atom. The Morgan fingerprint density at radius 1 is 1.29 bits per heavy atom. The Morgan fingerprint density at radius 3 is 2.81 bits per heavy atom. The molecule has 3 aromatic rings. The van der Waals surface area contributed by atoms with Gasteiger partial charge in [-0.2, -0.15) is 0 Å². The van der Waals surface area contributed by atoms with Crippen molar-refractivity contribution in [3.63, 3.8) is 0 Å². The largest absolute Gasteiger partial charge is 0.280 e. The van der Waals surface area contributed by atoms with E-state index in [0.29, 0.717) is 0 Å². The standard InChI is InChI=1S/C17H14IN3/c1-3-15-17(20-4-2)14-8-7-12(10-16(14)21(15)18)13-6-5-9-19-11-13/h3-11H,1H2,2H3/b20-4-. The maximum atomic E-state index is 4.49. The van der Waals surface area contributed by atoms with Gasteiger partial charge < -0.3 is 0 Å². The Labute approximate surface area is 137 Å². The number of aliphatic imine (C=N–C) groups is 1. The molecule has 0 amide bonds. The van der Waals surface area contributed by atoms with Crippen molar-refractivity contribution in [2.24, 2.45) is 4.99 Å². The van der Waals surface area contributed by atoms with Crippen molar-refractivity contribution < 1.29 is 0 Å². The molecular formula is C17H14IN3. The Hall–Kier alpha value is -1.95. The lowest BCUT2D eigenvalue weighted by atomic mass is 10.1. The number of hydrogen-bond donors (Lipinski definition) is 0. The van der Waals surface area contributed by atoms with Crippen LogP contribution in [0.2, 0.25) is 0 Å². The van der Waals surface area contributed by atoms with E-state index in [2.05, 4.69) is 66.5 Å². The minimum atomic E-state index is 0.967. The molecule has 0 bridgehead atoms. The van der Waals surface area contributed by atoms with Gasteiger partial charge in [-0.15, -0.1) is 0 Å². The van der Waals surface area contributed by atoms with Crippen molar-refractivity contribution in [3.8, 4) is 11.1 Å². The van der Waals surface area contributed by atoms with E-state index in [-0.39, 0.29) is 0 Å². The Balaban J connectivity index is 2.28. The van der Waals surface area contributed by atoms with Crippen LogP contribution in [0.1, 0.15) is 12.6 Å². The zero-order valence-electron chi connectivity index (χ0n) is 11.6. The molecule has 3 rings (SSSR count). The molecule has 0 N–H and O–H groups in total. The van der Waals surface area contributed by atoms with Crippen LogP contribution in [-0.4, -0.2) is 14.0 Å². The van der Waals surface area contributed by atoms with Crippen molar-refractivity contribution in [1.82, 2.24) is 7.76 Å². The summed E-state index contributed by atoms with van der Waals surface area (Å²) >= 11 is 2.29. The summed E-state index contributed by atoms with van der Waals surface area (Å²) in [5, 5.41) is 1.13. The average molecular weight is 387 g/mol. The fourth-order valence-electron chi connectivity index (χ4n) is 2.41. The first-order valence-corrected chi connectivity index (χ1v) is 7.59. The lowest BCUT2D eigenvalue weighted by Gasteiger charge is -2.02. The highest BCUT2D eigenvalue weighted by Gasteiger charge is 2.13. The van der Waals surface area contributed by atoms with Gasteiger partial charge in [-0.3, -0.25) is 12.8 Å². The molecule has 0 saturated carbocycles. The summed E-state index contributed by atoms with van der Waals surface area (Å²) in [7, 11) is 0. The molecule has 0 saturated heterocycles. The highest BCUT2D eigenvalue weighted by Crippen LogP contribution is 2.37. The molecule has 0 unspecified atom stereocenters. The van der Waals surface area contributed by atoms with Crippen molar-refractivity contribution in [3.05, 3.63) is 55.0 Å². The van der Waals surface area contributed by atoms with Crippen molar-refractivity contribution in [1.29, 1.82) is 0 Å². The van der Waals surface area contributed by atoms with E-state index in [1.54, 1.807) is 6.20 Å². The minimum absolute atomic E-state index is 0.967. The van der Waals surface area contributed by atoms with E-state index in [1.165, 1.54) is 0 Å². The van der Waals surface area contributed by atoms with Gasteiger partial charge in [0.2, 0.25) is 0 Å². The predicted molar refractivity (Wildman–Crippen MR) is 98.5 cm³/mol. The molecule has 104 valence electrons. The molecular weight excluding hydrogens is 373 g/mol. The molecule has 0 aliphatic heterocycles. The smallest absolute Gasteiger partial charge is 0.0963 e. The molecule has 0 atom stereocenters. The van der Waals surface area contributed by atoms with Crippen LogP contribution < -0.4 is 0 Å². The summed E-state index contributed by atoms with van der Waals surface area (Å²) in [5.41, 5.74) is 5.38. The molecule has 21 heavy (non-hydrogen) atoms. The van der Waals surface area contributed by atoms with Gasteiger partial charge in [0, 0.05) is 29.6 Å². The van der Waals surface area contributed by atoms with E-state index >= 15 is 0 Å². The van der Waals surface area contributed by atoms with E-state index in [9.17, 15) is 0 Å². The van der Waals surface area contributed by atoms with Gasteiger partial charge in [-0.1, -0.05) is 18.7 Å². The highest BCUT2D eigenvalue weighted by molar-refractivity contribution is 14.1. The summed E-state index contributed by atoms with van der Waals surface area (Å²) in [4.78, 5) is 8.68. The molecule has 0 spiro atoms. The van der Waals surface area contributed by atoms with Crippen LogP contribution in [0.15, 0.2) is 54.3 Å². The second kappa shape index (κ2) is 5.81. The fraction of sp³-hybridized carbons (Fsp3) is 0.0588. The van der Waals surface area contributed by atoms with Gasteiger partial charge in [-0.05, 0) is 36.8 Å². The van der Waals surface area contributed by atoms with Crippen LogP contribution in [0.4, 0.5) is 5.69 Å². The van der Waals surface area contributed by atoms with Crippen molar-refractivity contribution in [2.75, 3.05) is 0 Å². The maximum absolute atomic E-state index is 4.49. The first-order chi connectivity index (χ1) is 10.3. The molecule has 0 aliphatic carbocycles. The minimum Gasteiger partial charge on any atom is -0.280 e. The summed E-state index contributed by atoms with van der Waals surface area (Å²) < 4.78 is 2.10. The number of halogens is 1. The third-order valence-corrected chi connectivity index (χ3v) is 4.40. The van der Waals surface area contributed by atoms with Crippen LogP contribution in [0, 0.1) is 0 Å². The van der Waals surface area contributed by atoms with E-state index < -0.39 is 0 Å². The first kappa shape index (κ1) is 14.0. The molecule has 0 fully saturated rings. The van der Waals surface area contributed by atoms with E-state index in [4.69, 9.17) is 0 Å². The van der Waals surface area contributed by atoms with E-state index in [1.807, 2.05) is 31.5 Å². The Bertz CT molecular complexity index is 832. The topological polar surface area (TPSA) is 30.2 Å². The number of nitrogens with zero attached hydrogens (tertiary/aromatic N) is 3. The maximum Gasteiger partial charge on any atom is 0.0963 e. The average Bonchev–Trinajstić information content (AvgIpc) is 2.80. The lowest BCUT2D eigenvalue weighted by Crippen LogP contribution is -1.83. The number of aromatic nitrogens is 2. The molecule has 4 heteroatoms. The number of benzene rings is 1. The van der Waals surface area contributed by atoms with Crippen LogP contribution in [-0.2, 0) is 0 Å². The van der Waals surface area contributed by atoms with Gasteiger partial charge in [0.15, 0.2) is 0 Å². The SMILES string of the molecule is C=Cc1c(/N=C\C)c2ccc(-c3cccnc3)cc2n1I. The lowest BCUT2D eigenvalue weighted by molar-refractivity contribution is 1.33. The van der Waals surface area contributed by atoms with Crippen molar-refractivity contribution >= 4 is 51.7 Å². The quantitative estimate of drug-likeness (QED) is 0.445. The van der Waals surface area contributed by atoms with Gasteiger partial charge in [0.1, 0.15) is 0 Å². The van der Waals surface area contributed by atoms with Crippen LogP contribution in [0.5, 0.6) is 0 Å². The van der Waals surface area contributed by atoms with Crippen molar-refractivity contribution in [2.45, 2.75) is 6.92 Å².